The van der Waals surface area contributed by atoms with E-state index < -0.39 is 58.8 Å². The summed E-state index contributed by atoms with van der Waals surface area (Å²) >= 11 is 1.48. The van der Waals surface area contributed by atoms with Crippen LogP contribution in [0.4, 0.5) is 21.6 Å². The van der Waals surface area contributed by atoms with Crippen molar-refractivity contribution in [3.05, 3.63) is 71.3 Å². The minimum Gasteiger partial charge on any atom is -0.494 e. The van der Waals surface area contributed by atoms with Gasteiger partial charge in [-0.3, -0.25) is 33.4 Å². The number of amides is 6. The molecule has 74 heavy (non-hydrogen) atoms. The van der Waals surface area contributed by atoms with E-state index in [4.69, 9.17) is 9.47 Å². The number of hydrogen-bond acceptors (Lipinski definition) is 16. The van der Waals surface area contributed by atoms with Crippen LogP contribution in [-0.2, 0) is 37.6 Å². The predicted molar refractivity (Wildman–Crippen MR) is 272 cm³/mol. The number of anilines is 3. The number of rotatable bonds is 22. The number of carbonyl (C=O) groups excluding carboxylic acids is 6. The molecule has 0 unspecified atom stereocenters. The maximum Gasteiger partial charge on any atom is 0.273 e. The molecule has 2 fully saturated rings. The van der Waals surface area contributed by atoms with Crippen LogP contribution >= 0.6 is 11.3 Å². The Labute approximate surface area is 431 Å². The third kappa shape index (κ3) is 13.3. The number of hydrogen-bond donors (Lipinski definition) is 7. The summed E-state index contributed by atoms with van der Waals surface area (Å²) in [6.07, 6.45) is 2.56. The van der Waals surface area contributed by atoms with Crippen molar-refractivity contribution in [3.63, 3.8) is 0 Å². The van der Waals surface area contributed by atoms with Crippen molar-refractivity contribution < 1.29 is 47.7 Å². The second kappa shape index (κ2) is 23.5. The molecule has 1 aliphatic heterocycles. The quantitative estimate of drug-likeness (QED) is 0.0480. The number of unbranched alkanes of at least 4 members (excludes halogenated alkanes) is 2. The fourth-order valence-electron chi connectivity index (χ4n) is 8.25. The first kappa shape index (κ1) is 54.2. The molecule has 394 valence electrons. The fraction of sp³-hybridized carbons (Fsp3) is 0.460. The lowest BCUT2D eigenvalue weighted by Gasteiger charge is -2.35. The Morgan fingerprint density at radius 3 is 2.45 bits per heavy atom. The lowest BCUT2D eigenvalue weighted by Crippen LogP contribution is -2.59. The summed E-state index contributed by atoms with van der Waals surface area (Å²) in [4.78, 5) is 89.9. The number of carbonyl (C=O) groups is 6. The number of para-hydroxylation sites is 1. The Bertz CT molecular complexity index is 2880. The summed E-state index contributed by atoms with van der Waals surface area (Å²) in [7, 11) is 4.68. The highest BCUT2D eigenvalue weighted by atomic mass is 32.1. The number of ether oxygens (including phenoxy) is 2. The van der Waals surface area contributed by atoms with E-state index in [-0.39, 0.29) is 75.0 Å². The van der Waals surface area contributed by atoms with E-state index >= 15 is 0 Å². The van der Waals surface area contributed by atoms with Gasteiger partial charge in [0.15, 0.2) is 28.8 Å². The second-order valence-electron chi connectivity index (χ2n) is 19.2. The molecule has 7 rings (SSSR count). The molecule has 1 saturated heterocycles. The number of aromatic nitrogens is 6. The summed E-state index contributed by atoms with van der Waals surface area (Å²) in [6, 6.07) is 10.2. The normalized spacial score (nSPS) is 16.1. The van der Waals surface area contributed by atoms with E-state index in [1.165, 1.54) is 36.5 Å². The molecule has 3 atom stereocenters. The van der Waals surface area contributed by atoms with Gasteiger partial charge in [0.2, 0.25) is 23.6 Å². The number of methoxy groups -OCH3 is 1. The molecule has 3 aromatic heterocycles. The van der Waals surface area contributed by atoms with Gasteiger partial charge in [-0.2, -0.15) is 5.10 Å². The monoisotopic (exact) mass is 1040 g/mol. The highest BCUT2D eigenvalue weighted by Gasteiger charge is 2.53. The molecular weight excluding hydrogens is 978 g/mol. The molecule has 4 heterocycles. The van der Waals surface area contributed by atoms with Crippen LogP contribution in [0.15, 0.2) is 54.3 Å². The summed E-state index contributed by atoms with van der Waals surface area (Å²) in [6.45, 7) is 6.96. The molecule has 22 nitrogen and oxygen atoms in total. The highest BCUT2D eigenvalue weighted by molar-refractivity contribution is 7.13. The van der Waals surface area contributed by atoms with Crippen molar-refractivity contribution in [3.8, 4) is 33.3 Å². The minimum atomic E-state index is -2.00. The molecule has 7 N–H and O–H groups in total. The van der Waals surface area contributed by atoms with Crippen LogP contribution in [0.3, 0.4) is 0 Å². The van der Waals surface area contributed by atoms with Crippen molar-refractivity contribution in [2.45, 2.75) is 103 Å². The Kier molecular flexibility index (Phi) is 17.2. The van der Waals surface area contributed by atoms with Gasteiger partial charge in [-0.15, -0.1) is 21.5 Å². The van der Waals surface area contributed by atoms with Crippen LogP contribution in [0.1, 0.15) is 87.5 Å². The lowest BCUT2D eigenvalue weighted by molar-refractivity contribution is -0.145. The van der Waals surface area contributed by atoms with Crippen LogP contribution in [0.5, 0.6) is 11.5 Å². The number of benzene rings is 2. The van der Waals surface area contributed by atoms with Crippen molar-refractivity contribution in [1.82, 2.24) is 56.1 Å². The van der Waals surface area contributed by atoms with E-state index in [1.807, 2.05) is 25.1 Å². The smallest absolute Gasteiger partial charge is 0.273 e. The Morgan fingerprint density at radius 1 is 0.986 bits per heavy atom. The number of halogens is 1. The van der Waals surface area contributed by atoms with E-state index in [1.54, 1.807) is 62.5 Å². The average molecular weight is 1040 g/mol. The molecule has 1 saturated carbocycles. The Balaban J connectivity index is 0.901. The summed E-state index contributed by atoms with van der Waals surface area (Å²) in [5.41, 5.74) is 2.52. The first-order valence-electron chi connectivity index (χ1n) is 24.2. The first-order chi connectivity index (χ1) is 35.3. The van der Waals surface area contributed by atoms with Gasteiger partial charge in [0.05, 0.1) is 59.4 Å². The second-order valence-corrected chi connectivity index (χ2v) is 20.1. The third-order valence-corrected chi connectivity index (χ3v) is 13.4. The lowest BCUT2D eigenvalue weighted by atomic mass is 9.85. The van der Waals surface area contributed by atoms with Gasteiger partial charge in [0.1, 0.15) is 24.2 Å². The highest BCUT2D eigenvalue weighted by Crippen LogP contribution is 2.41. The summed E-state index contributed by atoms with van der Waals surface area (Å²) in [5.74, 6) is -2.04. The number of aliphatic hydroxyl groups excluding tert-OH is 1. The molecule has 2 aliphatic rings. The van der Waals surface area contributed by atoms with Gasteiger partial charge < -0.3 is 51.4 Å². The van der Waals surface area contributed by atoms with E-state index in [9.17, 15) is 38.3 Å². The molecule has 5 aromatic rings. The van der Waals surface area contributed by atoms with Crippen molar-refractivity contribution in [2.75, 3.05) is 44.5 Å². The SMILES string of the molecule is CNC(=O)c1nnc(NC(=O)CNC(=O)CCCCCOc2cc(-c3scnc3C)ccc2CNC(=O)[C@@H]2C[C@@H](O)CN2C(=O)[C@@H](NC(=O)C2(F)CC2)C(C)(C)C)cc1Nc1cccc(-c2ncn(C)n2)c1OC. The largest absolute Gasteiger partial charge is 0.494 e. The number of thiazole rings is 1. The zero-order valence-corrected chi connectivity index (χ0v) is 43.2. The number of aliphatic hydroxyl groups is 1. The van der Waals surface area contributed by atoms with Gasteiger partial charge >= 0.3 is 0 Å². The van der Waals surface area contributed by atoms with Gasteiger partial charge in [0, 0.05) is 51.7 Å². The number of β-amino-alcohol motifs (C(OH)–C–C–N with tert-alkyl or cyclic N) is 1. The van der Waals surface area contributed by atoms with E-state index in [2.05, 4.69) is 57.2 Å². The van der Waals surface area contributed by atoms with Crippen LogP contribution in [-0.4, -0.2) is 133 Å². The molecule has 0 spiro atoms. The average Bonchev–Trinajstić information content (AvgIpc) is 3.62. The standard InChI is InChI=1S/C50H62FN13O9S/c1-28-42(74-27-56-28)29-15-16-30(23-54-45(68)35-21-31(65)25-64(35)47(70)43(49(2,3)4)59-48(71)50(51)17-18-50)36(20-29)73-19-10-8-9-14-38(66)53-24-39(67)58-37-22-34(40(61-60-37)46(69)52-5)57-33-13-11-12-32(41(33)72-7)44-55-26-63(6)62-44/h11-13,15-16,20,22,26-27,31,35,43,65H,8-10,14,17-19,21,23-25H2,1-7H3,(H,52,69)(H,53,66)(H,54,68)(H,59,71)(H2,57,58,60,67)/t31-,35+,43-/m1/s1. The predicted octanol–water partition coefficient (Wildman–Crippen LogP) is 4.12. The number of nitrogens with one attached hydrogen (secondary N) is 6. The van der Waals surface area contributed by atoms with Gasteiger partial charge in [-0.25, -0.2) is 14.4 Å². The summed E-state index contributed by atoms with van der Waals surface area (Å²) < 4.78 is 28.2. The number of likely N-dealkylation sites (tertiary alicyclic amines) is 1. The topological polar surface area (TPSA) is 286 Å². The van der Waals surface area contributed by atoms with Gasteiger partial charge in [-0.1, -0.05) is 39.0 Å². The molecule has 1 aliphatic carbocycles. The Morgan fingerprint density at radius 2 is 1.77 bits per heavy atom. The number of aryl methyl sites for hydroxylation is 2. The molecule has 24 heteroatoms. The number of alkyl halides is 1. The third-order valence-electron chi connectivity index (χ3n) is 12.5. The maximum absolute atomic E-state index is 14.7. The first-order valence-corrected chi connectivity index (χ1v) is 25.0. The van der Waals surface area contributed by atoms with Crippen LogP contribution in [0, 0.1) is 12.3 Å². The molecule has 2 aromatic carbocycles. The maximum atomic E-state index is 14.7. The van der Waals surface area contributed by atoms with Crippen molar-refractivity contribution in [2.24, 2.45) is 12.5 Å². The van der Waals surface area contributed by atoms with Crippen molar-refractivity contribution in [1.29, 1.82) is 0 Å². The van der Waals surface area contributed by atoms with Crippen LogP contribution < -0.4 is 41.4 Å². The van der Waals surface area contributed by atoms with E-state index in [0.29, 0.717) is 53.4 Å². The van der Waals surface area contributed by atoms with Crippen LogP contribution in [0.25, 0.3) is 21.8 Å². The molecule has 0 radical (unpaired) electrons. The zero-order chi connectivity index (χ0) is 53.3. The Hall–Kier alpha value is -7.60. The van der Waals surface area contributed by atoms with Gasteiger partial charge in [-0.05, 0) is 68.2 Å². The molecular formula is C50H62FN13O9S. The van der Waals surface area contributed by atoms with E-state index in [0.717, 1.165) is 16.1 Å². The molecule has 0 bridgehead atoms. The zero-order valence-electron chi connectivity index (χ0n) is 42.3. The number of nitrogens with zero attached hydrogens (tertiary/aromatic N) is 7. The van der Waals surface area contributed by atoms with Gasteiger partial charge in [0.25, 0.3) is 11.8 Å². The fourth-order valence-corrected chi connectivity index (χ4v) is 9.05. The molecule has 6 amide bonds. The summed E-state index contributed by atoms with van der Waals surface area (Å²) in [5, 5.41) is 39.4. The van der Waals surface area contributed by atoms with Crippen LogP contribution in [0.2, 0.25) is 0 Å². The minimum absolute atomic E-state index is 0.0161. The van der Waals surface area contributed by atoms with Crippen molar-refractivity contribution >= 4 is 64.0 Å².